The van der Waals surface area contributed by atoms with E-state index in [9.17, 15) is 13.6 Å². The summed E-state index contributed by atoms with van der Waals surface area (Å²) in [4.78, 5) is 15.4. The number of rotatable bonds is 7. The average molecular weight is 467 g/mol. The van der Waals surface area contributed by atoms with Crippen LogP contribution in [0.4, 0.5) is 8.78 Å². The number of hydrogen-bond donors (Lipinski definition) is 1. The van der Waals surface area contributed by atoms with Crippen molar-refractivity contribution < 1.29 is 13.6 Å². The van der Waals surface area contributed by atoms with Crippen molar-refractivity contribution in [3.8, 4) is 0 Å². The van der Waals surface area contributed by atoms with Crippen LogP contribution >= 0.6 is 0 Å². The lowest BCUT2D eigenvalue weighted by Crippen LogP contribution is -2.45. The van der Waals surface area contributed by atoms with E-state index in [1.807, 2.05) is 41.9 Å². The Labute approximate surface area is 199 Å². The Morgan fingerprint density at radius 2 is 1.91 bits per heavy atom. The molecule has 3 aromatic rings. The van der Waals surface area contributed by atoms with E-state index in [2.05, 4.69) is 17.1 Å². The van der Waals surface area contributed by atoms with Crippen molar-refractivity contribution in [2.45, 2.75) is 58.7 Å². The van der Waals surface area contributed by atoms with E-state index in [0.717, 1.165) is 29.8 Å². The maximum absolute atomic E-state index is 14.8. The maximum atomic E-state index is 14.8. The number of carbonyl (C=O) groups is 1. The van der Waals surface area contributed by atoms with Crippen molar-refractivity contribution in [2.75, 3.05) is 13.6 Å². The number of fused-ring (bicyclic) bond motifs is 1. The van der Waals surface area contributed by atoms with Crippen LogP contribution in [0.3, 0.4) is 0 Å². The lowest BCUT2D eigenvalue weighted by molar-refractivity contribution is -0.127. The highest BCUT2D eigenvalue weighted by molar-refractivity contribution is 5.83. The van der Waals surface area contributed by atoms with Gasteiger partial charge in [-0.25, -0.2) is 8.78 Å². The van der Waals surface area contributed by atoms with E-state index in [1.54, 1.807) is 7.05 Å². The van der Waals surface area contributed by atoms with E-state index in [-0.39, 0.29) is 17.5 Å². The second-order valence-corrected chi connectivity index (χ2v) is 8.88. The van der Waals surface area contributed by atoms with Crippen molar-refractivity contribution in [3.63, 3.8) is 0 Å². The van der Waals surface area contributed by atoms with Gasteiger partial charge in [0.1, 0.15) is 17.7 Å². The molecule has 1 amide bonds. The number of nitrogens with one attached hydrogen (secondary N) is 1. The molecule has 180 valence electrons. The van der Waals surface area contributed by atoms with Gasteiger partial charge in [-0.15, -0.1) is 0 Å². The summed E-state index contributed by atoms with van der Waals surface area (Å²) in [7, 11) is 1.65. The topological polar surface area (TPSA) is 50.2 Å². The molecule has 34 heavy (non-hydrogen) atoms. The summed E-state index contributed by atoms with van der Waals surface area (Å²) in [5.41, 5.74) is 4.69. The molecule has 1 N–H and O–H groups in total. The number of amides is 1. The van der Waals surface area contributed by atoms with Gasteiger partial charge in [0, 0.05) is 49.4 Å². The highest BCUT2D eigenvalue weighted by Crippen LogP contribution is 2.41. The molecule has 0 bridgehead atoms. The number of carbonyl (C=O) groups excluding carboxylic acids is 1. The summed E-state index contributed by atoms with van der Waals surface area (Å²) in [5, 5.41) is 7.59. The second-order valence-electron chi connectivity index (χ2n) is 8.88. The van der Waals surface area contributed by atoms with Crippen LogP contribution in [0.15, 0.2) is 42.5 Å². The van der Waals surface area contributed by atoms with E-state index in [0.29, 0.717) is 24.9 Å². The first-order valence-electron chi connectivity index (χ1n) is 11.9. The predicted molar refractivity (Wildman–Crippen MR) is 128 cm³/mol. The Morgan fingerprint density at radius 3 is 2.59 bits per heavy atom. The normalized spacial score (nSPS) is 16.8. The Hall–Kier alpha value is -3.06. The minimum atomic E-state index is -0.536. The predicted octanol–water partition coefficient (Wildman–Crippen LogP) is 4.82. The van der Waals surface area contributed by atoms with Crippen molar-refractivity contribution in [1.29, 1.82) is 0 Å². The highest BCUT2D eigenvalue weighted by Gasteiger charge is 2.39. The first-order chi connectivity index (χ1) is 16.4. The largest absolute Gasteiger partial charge is 0.358 e. The molecule has 5 nitrogen and oxygen atoms in total. The van der Waals surface area contributed by atoms with E-state index < -0.39 is 17.7 Å². The molecule has 0 fully saturated rings. The Bertz CT molecular complexity index is 1180. The number of nitrogens with zero attached hydrogens (tertiary/aromatic N) is 3. The van der Waals surface area contributed by atoms with Gasteiger partial charge < -0.3 is 5.32 Å². The minimum absolute atomic E-state index is 0.0428. The zero-order valence-electron chi connectivity index (χ0n) is 20.2. The third-order valence-corrected chi connectivity index (χ3v) is 6.95. The summed E-state index contributed by atoms with van der Waals surface area (Å²) in [5.74, 6) is -1.11. The molecule has 1 aliphatic rings. The van der Waals surface area contributed by atoms with E-state index >= 15 is 0 Å². The summed E-state index contributed by atoms with van der Waals surface area (Å²) in [6.07, 6.45) is 1.80. The standard InChI is InChI=1S/C27H32F2N4O/c1-5-33-23-15-16-32(26(27(34)30-4)20-9-7-6-8-10-20)22(24(23)18(3)31-33)14-12-19-11-13-21(28)17(2)25(19)29/h6-11,13,22,26H,5,12,14-16H2,1-4H3,(H,30,34)/t22?,26-/m1/s1. The van der Waals surface area contributed by atoms with Crippen molar-refractivity contribution >= 4 is 5.91 Å². The second kappa shape index (κ2) is 10.1. The lowest BCUT2D eigenvalue weighted by atomic mass is 9.88. The fourth-order valence-electron chi connectivity index (χ4n) is 5.25. The molecular formula is C27H32F2N4O. The minimum Gasteiger partial charge on any atom is -0.358 e. The quantitative estimate of drug-likeness (QED) is 0.543. The summed E-state index contributed by atoms with van der Waals surface area (Å²) < 4.78 is 30.7. The fourth-order valence-corrected chi connectivity index (χ4v) is 5.25. The molecule has 0 saturated carbocycles. The summed E-state index contributed by atoms with van der Waals surface area (Å²) >= 11 is 0. The Morgan fingerprint density at radius 1 is 1.18 bits per heavy atom. The van der Waals surface area contributed by atoms with Gasteiger partial charge >= 0.3 is 0 Å². The number of aromatic nitrogens is 2. The van der Waals surface area contributed by atoms with Gasteiger partial charge in [0.2, 0.25) is 5.91 Å². The number of halogens is 2. The molecule has 2 aromatic carbocycles. The van der Waals surface area contributed by atoms with E-state index in [4.69, 9.17) is 5.10 Å². The third-order valence-electron chi connectivity index (χ3n) is 6.95. The molecule has 0 aliphatic carbocycles. The van der Waals surface area contributed by atoms with Crippen molar-refractivity contribution in [1.82, 2.24) is 20.0 Å². The number of hydrogen-bond acceptors (Lipinski definition) is 3. The zero-order valence-corrected chi connectivity index (χ0v) is 20.2. The number of benzene rings is 2. The fraction of sp³-hybridized carbons (Fsp3) is 0.407. The van der Waals surface area contributed by atoms with Crippen molar-refractivity contribution in [2.24, 2.45) is 0 Å². The SMILES string of the molecule is CCn1nc(C)c2c1CCN([C@@H](C(=O)NC)c1ccccc1)C2CCc1ccc(F)c(C)c1F. The van der Waals surface area contributed by atoms with Crippen LogP contribution in [0.1, 0.15) is 59.1 Å². The number of likely N-dealkylation sites (N-methyl/N-ethyl adjacent to an activating group) is 1. The van der Waals surface area contributed by atoms with Crippen LogP contribution in [0.25, 0.3) is 0 Å². The Balaban J connectivity index is 1.76. The monoisotopic (exact) mass is 466 g/mol. The van der Waals surface area contributed by atoms with Crippen LogP contribution < -0.4 is 5.32 Å². The average Bonchev–Trinajstić information content (AvgIpc) is 3.19. The van der Waals surface area contributed by atoms with Crippen LogP contribution in [-0.4, -0.2) is 34.2 Å². The molecule has 2 atom stereocenters. The first-order valence-corrected chi connectivity index (χ1v) is 11.9. The molecule has 0 spiro atoms. The van der Waals surface area contributed by atoms with Gasteiger partial charge in [-0.3, -0.25) is 14.4 Å². The summed E-state index contributed by atoms with van der Waals surface area (Å²) in [6, 6.07) is 12.0. The van der Waals surface area contributed by atoms with Crippen LogP contribution in [0, 0.1) is 25.5 Å². The van der Waals surface area contributed by atoms with E-state index in [1.165, 1.54) is 24.8 Å². The zero-order chi connectivity index (χ0) is 24.4. The molecule has 1 unspecified atom stereocenters. The Kier molecular flexibility index (Phi) is 7.12. The van der Waals surface area contributed by atoms with Gasteiger partial charge in [0.15, 0.2) is 0 Å². The van der Waals surface area contributed by atoms with Gasteiger partial charge in [0.05, 0.1) is 5.69 Å². The smallest absolute Gasteiger partial charge is 0.241 e. The summed E-state index contributed by atoms with van der Waals surface area (Å²) in [6.45, 7) is 6.99. The lowest BCUT2D eigenvalue weighted by Gasteiger charge is -2.41. The van der Waals surface area contributed by atoms with Gasteiger partial charge in [0.25, 0.3) is 0 Å². The first kappa shape index (κ1) is 24.1. The molecule has 1 aliphatic heterocycles. The van der Waals surface area contributed by atoms with Crippen LogP contribution in [-0.2, 0) is 24.2 Å². The molecular weight excluding hydrogens is 434 g/mol. The van der Waals surface area contributed by atoms with Crippen molar-refractivity contribution in [3.05, 3.63) is 87.7 Å². The molecule has 2 heterocycles. The van der Waals surface area contributed by atoms with Gasteiger partial charge in [-0.05, 0) is 50.8 Å². The molecule has 0 radical (unpaired) electrons. The molecule has 4 rings (SSSR count). The molecule has 0 saturated heterocycles. The molecule has 7 heteroatoms. The van der Waals surface area contributed by atoms with Crippen LogP contribution in [0.2, 0.25) is 0 Å². The maximum Gasteiger partial charge on any atom is 0.241 e. The molecule has 1 aromatic heterocycles. The number of aryl methyl sites for hydroxylation is 3. The van der Waals surface area contributed by atoms with Crippen LogP contribution in [0.5, 0.6) is 0 Å². The highest BCUT2D eigenvalue weighted by atomic mass is 19.1. The van der Waals surface area contributed by atoms with Gasteiger partial charge in [-0.1, -0.05) is 36.4 Å². The van der Waals surface area contributed by atoms with Gasteiger partial charge in [-0.2, -0.15) is 5.10 Å². The third kappa shape index (κ3) is 4.37.